The van der Waals surface area contributed by atoms with Gasteiger partial charge in [0.05, 0.1) is 6.42 Å². The zero-order chi connectivity index (χ0) is 16.9. The molecule has 0 aromatic heterocycles. The zero-order valence-corrected chi connectivity index (χ0v) is 13.5. The third-order valence-corrected chi connectivity index (χ3v) is 6.00. The molecule has 0 aliphatic carbocycles. The standard InChI is InChI=1S/C18H14F3NOS/c19-17(20,21)11-12-5-7-13(8-6-12)18-15-4-2-1-3-14(15)16(23)22(18)9-10-24-18/h1-8H,9-11H2. The molecule has 2 heterocycles. The van der Waals surface area contributed by atoms with Crippen molar-refractivity contribution in [3.05, 3.63) is 70.8 Å². The molecule has 124 valence electrons. The fourth-order valence-corrected chi connectivity index (χ4v) is 5.11. The van der Waals surface area contributed by atoms with Crippen LogP contribution in [0.5, 0.6) is 0 Å². The summed E-state index contributed by atoms with van der Waals surface area (Å²) in [5, 5.41) is 0. The highest BCUT2D eigenvalue weighted by molar-refractivity contribution is 8.00. The first-order valence-corrected chi connectivity index (χ1v) is 8.62. The fraction of sp³-hybridized carbons (Fsp3) is 0.278. The van der Waals surface area contributed by atoms with E-state index in [4.69, 9.17) is 0 Å². The Balaban J connectivity index is 1.79. The zero-order valence-electron chi connectivity index (χ0n) is 12.6. The van der Waals surface area contributed by atoms with Crippen LogP contribution < -0.4 is 0 Å². The second kappa shape index (κ2) is 5.28. The number of benzene rings is 2. The van der Waals surface area contributed by atoms with Gasteiger partial charge < -0.3 is 4.90 Å². The van der Waals surface area contributed by atoms with Crippen molar-refractivity contribution in [2.24, 2.45) is 0 Å². The summed E-state index contributed by atoms with van der Waals surface area (Å²) in [4.78, 5) is 13.9. The van der Waals surface area contributed by atoms with Crippen molar-refractivity contribution in [2.75, 3.05) is 12.3 Å². The number of carbonyl (C=O) groups excluding carboxylic acids is 1. The van der Waals surface area contributed by atoms with Crippen LogP contribution in [0, 0.1) is 0 Å². The minimum atomic E-state index is -4.22. The van der Waals surface area contributed by atoms with Crippen LogP contribution in [0.15, 0.2) is 48.5 Å². The number of alkyl halides is 3. The van der Waals surface area contributed by atoms with Gasteiger partial charge >= 0.3 is 6.18 Å². The second-order valence-electron chi connectivity index (χ2n) is 5.98. The first kappa shape index (κ1) is 15.6. The monoisotopic (exact) mass is 349 g/mol. The molecule has 0 radical (unpaired) electrons. The largest absolute Gasteiger partial charge is 0.393 e. The number of fused-ring (bicyclic) bond motifs is 3. The fourth-order valence-electron chi connectivity index (χ4n) is 3.57. The summed E-state index contributed by atoms with van der Waals surface area (Å²) < 4.78 is 37.6. The molecule has 1 fully saturated rings. The number of thioether (sulfide) groups is 1. The minimum Gasteiger partial charge on any atom is -0.315 e. The van der Waals surface area contributed by atoms with Gasteiger partial charge in [-0.05, 0) is 17.2 Å². The highest BCUT2D eigenvalue weighted by Crippen LogP contribution is 2.55. The Hall–Kier alpha value is -1.95. The van der Waals surface area contributed by atoms with Gasteiger partial charge in [0.25, 0.3) is 5.91 Å². The van der Waals surface area contributed by atoms with Gasteiger partial charge in [0, 0.05) is 23.4 Å². The Labute approximate surface area is 141 Å². The minimum absolute atomic E-state index is 0.00466. The maximum Gasteiger partial charge on any atom is 0.393 e. The Bertz CT molecular complexity index is 803. The molecule has 1 atom stereocenters. The lowest BCUT2D eigenvalue weighted by molar-refractivity contribution is -0.127. The van der Waals surface area contributed by atoms with Crippen LogP contribution >= 0.6 is 11.8 Å². The molecule has 6 heteroatoms. The van der Waals surface area contributed by atoms with Crippen LogP contribution in [0.4, 0.5) is 13.2 Å². The van der Waals surface area contributed by atoms with Crippen molar-refractivity contribution in [3.8, 4) is 0 Å². The lowest BCUT2D eigenvalue weighted by Crippen LogP contribution is -2.37. The van der Waals surface area contributed by atoms with E-state index >= 15 is 0 Å². The van der Waals surface area contributed by atoms with E-state index in [1.54, 1.807) is 23.9 Å². The average molecular weight is 349 g/mol. The number of amides is 1. The van der Waals surface area contributed by atoms with E-state index in [1.165, 1.54) is 12.1 Å². The second-order valence-corrected chi connectivity index (χ2v) is 7.27. The lowest BCUT2D eigenvalue weighted by Gasteiger charge is -2.32. The first-order chi connectivity index (χ1) is 11.4. The topological polar surface area (TPSA) is 20.3 Å². The number of nitrogens with zero attached hydrogens (tertiary/aromatic N) is 1. The third kappa shape index (κ3) is 2.24. The van der Waals surface area contributed by atoms with E-state index in [1.807, 2.05) is 29.2 Å². The van der Waals surface area contributed by atoms with E-state index < -0.39 is 17.5 Å². The summed E-state index contributed by atoms with van der Waals surface area (Å²) in [5.41, 5.74) is 2.70. The molecule has 4 rings (SSSR count). The Kier molecular flexibility index (Phi) is 3.42. The van der Waals surface area contributed by atoms with Gasteiger partial charge in [-0.1, -0.05) is 42.5 Å². The molecule has 2 aromatic rings. The number of hydrogen-bond donors (Lipinski definition) is 0. The predicted octanol–water partition coefficient (Wildman–Crippen LogP) is 4.20. The summed E-state index contributed by atoms with van der Waals surface area (Å²) in [6.45, 7) is 0.641. The van der Waals surface area contributed by atoms with E-state index in [0.29, 0.717) is 12.1 Å². The van der Waals surface area contributed by atoms with Crippen LogP contribution in [0.3, 0.4) is 0 Å². The maximum atomic E-state index is 12.7. The summed E-state index contributed by atoms with van der Waals surface area (Å²) in [6, 6.07) is 14.0. The molecule has 2 aromatic carbocycles. The smallest absolute Gasteiger partial charge is 0.315 e. The Morgan fingerprint density at radius 3 is 2.50 bits per heavy atom. The molecule has 0 N–H and O–H groups in total. The molecule has 1 amide bonds. The summed E-state index contributed by atoms with van der Waals surface area (Å²) in [6.07, 6.45) is -5.16. The molecule has 24 heavy (non-hydrogen) atoms. The van der Waals surface area contributed by atoms with E-state index in [9.17, 15) is 18.0 Å². The first-order valence-electron chi connectivity index (χ1n) is 7.63. The summed E-state index contributed by atoms with van der Waals surface area (Å²) in [7, 11) is 0. The van der Waals surface area contributed by atoms with Gasteiger partial charge in [-0.2, -0.15) is 13.2 Å². The molecule has 2 aliphatic heterocycles. The third-order valence-electron chi connectivity index (χ3n) is 4.52. The lowest BCUT2D eigenvalue weighted by atomic mass is 9.96. The number of carbonyl (C=O) groups is 1. The van der Waals surface area contributed by atoms with Gasteiger partial charge in [0.2, 0.25) is 0 Å². The molecular weight excluding hydrogens is 335 g/mol. The SMILES string of the molecule is O=C1c2ccccc2C2(c3ccc(CC(F)(F)F)cc3)SCCN12. The van der Waals surface area contributed by atoms with Crippen LogP contribution in [-0.4, -0.2) is 29.3 Å². The normalized spacial score (nSPS) is 22.6. The molecule has 2 nitrogen and oxygen atoms in total. The molecule has 0 bridgehead atoms. The van der Waals surface area contributed by atoms with E-state index in [-0.39, 0.29) is 11.5 Å². The van der Waals surface area contributed by atoms with Crippen molar-refractivity contribution in [1.82, 2.24) is 4.90 Å². The average Bonchev–Trinajstić information content (AvgIpc) is 3.07. The van der Waals surface area contributed by atoms with E-state index in [0.717, 1.165) is 16.9 Å². The van der Waals surface area contributed by atoms with Gasteiger partial charge in [-0.25, -0.2) is 0 Å². The summed E-state index contributed by atoms with van der Waals surface area (Å²) in [5.74, 6) is 0.805. The molecule has 0 spiro atoms. The van der Waals surface area contributed by atoms with Crippen molar-refractivity contribution in [3.63, 3.8) is 0 Å². The molecular formula is C18H14F3NOS. The number of rotatable bonds is 2. The number of hydrogen-bond acceptors (Lipinski definition) is 2. The van der Waals surface area contributed by atoms with Crippen LogP contribution in [0.25, 0.3) is 0 Å². The van der Waals surface area contributed by atoms with Crippen molar-refractivity contribution in [2.45, 2.75) is 17.5 Å². The maximum absolute atomic E-state index is 12.7. The highest BCUT2D eigenvalue weighted by atomic mass is 32.2. The van der Waals surface area contributed by atoms with Crippen LogP contribution in [-0.2, 0) is 11.3 Å². The van der Waals surface area contributed by atoms with Crippen LogP contribution in [0.1, 0.15) is 27.0 Å². The molecule has 2 aliphatic rings. The van der Waals surface area contributed by atoms with Crippen molar-refractivity contribution < 1.29 is 18.0 Å². The number of halogens is 3. The van der Waals surface area contributed by atoms with E-state index in [2.05, 4.69) is 0 Å². The molecule has 1 saturated heterocycles. The van der Waals surface area contributed by atoms with Crippen LogP contribution in [0.2, 0.25) is 0 Å². The van der Waals surface area contributed by atoms with Gasteiger partial charge in [0.15, 0.2) is 0 Å². The quantitative estimate of drug-likeness (QED) is 0.810. The Morgan fingerprint density at radius 1 is 1.08 bits per heavy atom. The van der Waals surface area contributed by atoms with Crippen molar-refractivity contribution >= 4 is 17.7 Å². The van der Waals surface area contributed by atoms with Gasteiger partial charge in [-0.15, -0.1) is 11.8 Å². The van der Waals surface area contributed by atoms with Gasteiger partial charge in [-0.3, -0.25) is 4.79 Å². The molecule has 0 saturated carbocycles. The highest BCUT2D eigenvalue weighted by Gasteiger charge is 2.54. The Morgan fingerprint density at radius 2 is 1.79 bits per heavy atom. The molecule has 1 unspecified atom stereocenters. The predicted molar refractivity (Wildman–Crippen MR) is 86.9 cm³/mol. The van der Waals surface area contributed by atoms with Gasteiger partial charge in [0.1, 0.15) is 4.87 Å². The van der Waals surface area contributed by atoms with Crippen molar-refractivity contribution in [1.29, 1.82) is 0 Å². The summed E-state index contributed by atoms with van der Waals surface area (Å²) >= 11 is 1.66.